The van der Waals surface area contributed by atoms with Crippen molar-refractivity contribution in [2.45, 2.75) is 24.3 Å². The van der Waals surface area contributed by atoms with Gasteiger partial charge < -0.3 is 9.88 Å². The third-order valence-electron chi connectivity index (χ3n) is 4.95. The molecule has 0 aromatic carbocycles. The smallest absolute Gasteiger partial charge is 0.280 e. The largest absolute Gasteiger partial charge is 0.354 e. The van der Waals surface area contributed by atoms with Crippen LogP contribution in [-0.2, 0) is 0 Å². The fourth-order valence-corrected chi connectivity index (χ4v) is 3.72. The summed E-state index contributed by atoms with van der Waals surface area (Å²) < 4.78 is 28.3. The van der Waals surface area contributed by atoms with Crippen molar-refractivity contribution in [2.75, 3.05) is 31.6 Å². The number of fused-ring (bicyclic) bond motifs is 1. The second-order valence-corrected chi connectivity index (χ2v) is 6.05. The van der Waals surface area contributed by atoms with E-state index in [9.17, 15) is 8.78 Å². The number of likely N-dealkylation sites (tertiary alicyclic amines) is 1. The quantitative estimate of drug-likeness (QED) is 0.872. The number of hydrogen-bond donors (Lipinski definition) is 1. The molecule has 2 aliphatic heterocycles. The zero-order valence-electron chi connectivity index (χ0n) is 11.8. The topological polar surface area (TPSA) is 48.1 Å². The Bertz CT molecular complexity index is 685. The summed E-state index contributed by atoms with van der Waals surface area (Å²) >= 11 is 0. The summed E-state index contributed by atoms with van der Waals surface area (Å²) in [6.07, 6.45) is 4.56. The fourth-order valence-electron chi connectivity index (χ4n) is 3.72. The first-order valence-electron chi connectivity index (χ1n) is 7.16. The summed E-state index contributed by atoms with van der Waals surface area (Å²) in [5, 5.41) is 0.889. The molecule has 1 spiro atoms. The number of hydrogen-bond acceptors (Lipinski definition) is 4. The molecule has 0 saturated carbocycles. The fraction of sp³-hybridized carbons (Fsp3) is 0.571. The lowest BCUT2D eigenvalue weighted by Crippen LogP contribution is -2.78. The van der Waals surface area contributed by atoms with Crippen LogP contribution >= 0.6 is 0 Å². The monoisotopic (exact) mass is 293 g/mol. The highest BCUT2D eigenvalue weighted by Crippen LogP contribution is 2.49. The number of H-pyrrole nitrogens is 1. The Labute approximate surface area is 121 Å². The van der Waals surface area contributed by atoms with Gasteiger partial charge in [0.15, 0.2) is 0 Å². The van der Waals surface area contributed by atoms with E-state index in [1.54, 1.807) is 18.1 Å². The van der Waals surface area contributed by atoms with E-state index in [2.05, 4.69) is 15.0 Å². The van der Waals surface area contributed by atoms with Gasteiger partial charge in [-0.25, -0.2) is 18.7 Å². The Hall–Kier alpha value is -1.76. The standard InChI is InChI=1S/C14H17F2N5/c1-20-8-14(15,16)13(20)4-2-6-21(7-13)12-10-3-5-17-11(10)18-9-19-12/h3,5,9H,2,4,6-8H2,1H3,(H,17,18,19). The van der Waals surface area contributed by atoms with Crippen molar-refractivity contribution in [1.29, 1.82) is 0 Å². The molecule has 2 aliphatic rings. The maximum atomic E-state index is 14.2. The van der Waals surface area contributed by atoms with Gasteiger partial charge in [-0.2, -0.15) is 0 Å². The van der Waals surface area contributed by atoms with Gasteiger partial charge in [-0.15, -0.1) is 0 Å². The van der Waals surface area contributed by atoms with E-state index < -0.39 is 11.5 Å². The van der Waals surface area contributed by atoms with Gasteiger partial charge in [0.2, 0.25) is 0 Å². The molecule has 7 heteroatoms. The van der Waals surface area contributed by atoms with Crippen molar-refractivity contribution < 1.29 is 8.78 Å². The molecule has 4 rings (SSSR count). The Kier molecular flexibility index (Phi) is 2.54. The first-order valence-corrected chi connectivity index (χ1v) is 7.16. The maximum absolute atomic E-state index is 14.2. The number of nitrogens with zero attached hydrogens (tertiary/aromatic N) is 4. The highest BCUT2D eigenvalue weighted by molar-refractivity contribution is 5.87. The second-order valence-electron chi connectivity index (χ2n) is 6.05. The lowest BCUT2D eigenvalue weighted by Gasteiger charge is -2.60. The van der Waals surface area contributed by atoms with E-state index in [1.807, 2.05) is 11.0 Å². The summed E-state index contributed by atoms with van der Waals surface area (Å²) in [7, 11) is 1.78. The van der Waals surface area contributed by atoms with Crippen LogP contribution in [0.1, 0.15) is 12.8 Å². The Balaban J connectivity index is 1.72. The van der Waals surface area contributed by atoms with Gasteiger partial charge in [0.05, 0.1) is 11.9 Å². The summed E-state index contributed by atoms with van der Waals surface area (Å²) in [5.41, 5.74) is -0.299. The van der Waals surface area contributed by atoms with Crippen molar-refractivity contribution >= 4 is 16.9 Å². The predicted molar refractivity (Wildman–Crippen MR) is 75.6 cm³/mol. The van der Waals surface area contributed by atoms with Crippen LogP contribution in [0.5, 0.6) is 0 Å². The molecule has 5 nitrogen and oxygen atoms in total. The third kappa shape index (κ3) is 1.64. The molecule has 2 aromatic heterocycles. The molecule has 0 amide bonds. The summed E-state index contributed by atoms with van der Waals surface area (Å²) in [6, 6.07) is 1.90. The first-order chi connectivity index (χ1) is 10.0. The number of aromatic amines is 1. The molecule has 1 N–H and O–H groups in total. The van der Waals surface area contributed by atoms with E-state index in [1.165, 1.54) is 6.33 Å². The number of rotatable bonds is 1. The van der Waals surface area contributed by atoms with Crippen LogP contribution in [-0.4, -0.2) is 58.0 Å². The van der Waals surface area contributed by atoms with Crippen molar-refractivity contribution in [3.05, 3.63) is 18.6 Å². The average Bonchev–Trinajstić information content (AvgIpc) is 2.95. The highest BCUT2D eigenvalue weighted by atomic mass is 19.3. The van der Waals surface area contributed by atoms with Gasteiger partial charge in [-0.1, -0.05) is 0 Å². The minimum Gasteiger partial charge on any atom is -0.354 e. The molecule has 21 heavy (non-hydrogen) atoms. The molecule has 0 bridgehead atoms. The van der Waals surface area contributed by atoms with Crippen molar-refractivity contribution in [1.82, 2.24) is 19.9 Å². The normalized spacial score (nSPS) is 29.0. The van der Waals surface area contributed by atoms with Crippen LogP contribution in [0.15, 0.2) is 18.6 Å². The lowest BCUT2D eigenvalue weighted by atomic mass is 9.74. The molecule has 2 aromatic rings. The minimum atomic E-state index is -2.62. The van der Waals surface area contributed by atoms with E-state index in [0.717, 1.165) is 29.8 Å². The number of anilines is 1. The van der Waals surface area contributed by atoms with Crippen LogP contribution in [0.3, 0.4) is 0 Å². The van der Waals surface area contributed by atoms with Gasteiger partial charge in [-0.05, 0) is 26.0 Å². The average molecular weight is 293 g/mol. The zero-order chi connectivity index (χ0) is 14.7. The molecule has 4 heterocycles. The molecule has 1 atom stereocenters. The molecular formula is C14H17F2N5. The van der Waals surface area contributed by atoms with Crippen molar-refractivity contribution in [3.8, 4) is 0 Å². The lowest BCUT2D eigenvalue weighted by molar-refractivity contribution is -0.238. The SMILES string of the molecule is CN1CC(F)(F)C12CCCN(c1ncnc3[nH]ccc13)C2. The van der Waals surface area contributed by atoms with E-state index in [4.69, 9.17) is 0 Å². The van der Waals surface area contributed by atoms with E-state index >= 15 is 0 Å². The third-order valence-corrected chi connectivity index (χ3v) is 4.95. The molecule has 2 fully saturated rings. The predicted octanol–water partition coefficient (Wildman–Crippen LogP) is 1.88. The second kappa shape index (κ2) is 4.13. The zero-order valence-corrected chi connectivity index (χ0v) is 11.8. The molecule has 112 valence electrons. The van der Waals surface area contributed by atoms with E-state index in [0.29, 0.717) is 13.0 Å². The highest BCUT2D eigenvalue weighted by Gasteiger charge is 2.66. The van der Waals surface area contributed by atoms with Gasteiger partial charge in [0.1, 0.15) is 23.3 Å². The Morgan fingerprint density at radius 2 is 2.14 bits per heavy atom. The van der Waals surface area contributed by atoms with Crippen LogP contribution < -0.4 is 4.90 Å². The van der Waals surface area contributed by atoms with E-state index in [-0.39, 0.29) is 6.54 Å². The summed E-state index contributed by atoms with van der Waals surface area (Å²) in [6.45, 7) is 0.918. The van der Waals surface area contributed by atoms with Gasteiger partial charge in [-0.3, -0.25) is 4.90 Å². The number of alkyl halides is 2. The van der Waals surface area contributed by atoms with Gasteiger partial charge in [0.25, 0.3) is 5.92 Å². The molecule has 1 unspecified atom stereocenters. The maximum Gasteiger partial charge on any atom is 0.280 e. The first kappa shape index (κ1) is 12.9. The number of aromatic nitrogens is 3. The Morgan fingerprint density at radius 3 is 2.90 bits per heavy atom. The molecule has 0 radical (unpaired) electrons. The number of piperidine rings is 1. The Morgan fingerprint density at radius 1 is 1.29 bits per heavy atom. The van der Waals surface area contributed by atoms with Crippen LogP contribution in [0.4, 0.5) is 14.6 Å². The van der Waals surface area contributed by atoms with Gasteiger partial charge in [0, 0.05) is 19.3 Å². The van der Waals surface area contributed by atoms with Crippen molar-refractivity contribution in [3.63, 3.8) is 0 Å². The molecule has 0 aliphatic carbocycles. The van der Waals surface area contributed by atoms with Crippen LogP contribution in [0.2, 0.25) is 0 Å². The summed E-state index contributed by atoms with van der Waals surface area (Å²) in [4.78, 5) is 15.3. The van der Waals surface area contributed by atoms with Crippen molar-refractivity contribution in [2.24, 2.45) is 0 Å². The van der Waals surface area contributed by atoms with Gasteiger partial charge >= 0.3 is 0 Å². The number of halogens is 2. The van der Waals surface area contributed by atoms with Crippen LogP contribution in [0, 0.1) is 0 Å². The number of nitrogens with one attached hydrogen (secondary N) is 1. The molecule has 2 saturated heterocycles. The summed E-state index contributed by atoms with van der Waals surface area (Å²) in [5.74, 6) is -1.87. The minimum absolute atomic E-state index is 0.149. The molecular weight excluding hydrogens is 276 g/mol. The van der Waals surface area contributed by atoms with Crippen LogP contribution in [0.25, 0.3) is 11.0 Å². The number of likely N-dealkylation sites (N-methyl/N-ethyl adjacent to an activating group) is 1.